The topological polar surface area (TPSA) is 24.5 Å². The Morgan fingerprint density at radius 3 is 2.50 bits per heavy atom. The van der Waals surface area contributed by atoms with Gasteiger partial charge >= 0.3 is 0 Å². The van der Waals surface area contributed by atoms with Crippen molar-refractivity contribution in [3.63, 3.8) is 0 Å². The zero-order valence-corrected chi connectivity index (χ0v) is 8.55. The molecule has 1 aliphatic rings. The van der Waals surface area contributed by atoms with E-state index < -0.39 is 0 Å². The van der Waals surface area contributed by atoms with Crippen molar-refractivity contribution in [2.45, 2.75) is 26.8 Å². The molecule has 0 bridgehead atoms. The summed E-state index contributed by atoms with van der Waals surface area (Å²) in [6.07, 6.45) is 0. The molecular formula is C9H20N2O. The lowest BCUT2D eigenvalue weighted by Gasteiger charge is -2.41. The molecule has 0 aromatic rings. The van der Waals surface area contributed by atoms with Crippen LogP contribution in [0, 0.1) is 5.41 Å². The van der Waals surface area contributed by atoms with Gasteiger partial charge in [-0.25, -0.2) is 0 Å². The lowest BCUT2D eigenvalue weighted by atomic mass is 9.85. The minimum Gasteiger partial charge on any atom is -0.314 e. The van der Waals surface area contributed by atoms with Gasteiger partial charge in [0.25, 0.3) is 0 Å². The third-order valence-corrected chi connectivity index (χ3v) is 2.43. The first-order valence-electron chi connectivity index (χ1n) is 4.57. The van der Waals surface area contributed by atoms with Crippen LogP contribution in [0.4, 0.5) is 0 Å². The largest absolute Gasteiger partial charge is 0.314 e. The van der Waals surface area contributed by atoms with Crippen molar-refractivity contribution >= 4 is 0 Å². The fraction of sp³-hybridized carbons (Fsp3) is 1.00. The molecule has 1 aliphatic heterocycles. The average molecular weight is 172 g/mol. The monoisotopic (exact) mass is 172 g/mol. The van der Waals surface area contributed by atoms with Crippen molar-refractivity contribution in [2.24, 2.45) is 5.41 Å². The van der Waals surface area contributed by atoms with Crippen LogP contribution in [0.3, 0.4) is 0 Å². The van der Waals surface area contributed by atoms with Crippen molar-refractivity contribution in [2.75, 3.05) is 26.7 Å². The Morgan fingerprint density at radius 1 is 1.42 bits per heavy atom. The smallest absolute Gasteiger partial charge is 0.0575 e. The van der Waals surface area contributed by atoms with E-state index in [2.05, 4.69) is 31.2 Å². The predicted molar refractivity (Wildman–Crippen MR) is 49.8 cm³/mol. The molecule has 1 unspecified atom stereocenters. The number of hydroxylamine groups is 2. The maximum atomic E-state index is 5.32. The maximum absolute atomic E-state index is 5.32. The van der Waals surface area contributed by atoms with E-state index in [4.69, 9.17) is 4.84 Å². The van der Waals surface area contributed by atoms with Gasteiger partial charge in [0, 0.05) is 19.6 Å². The summed E-state index contributed by atoms with van der Waals surface area (Å²) in [5, 5.41) is 5.46. The fourth-order valence-electron chi connectivity index (χ4n) is 1.64. The number of nitrogens with one attached hydrogen (secondary N) is 1. The fourth-order valence-corrected chi connectivity index (χ4v) is 1.64. The molecule has 0 radical (unpaired) electrons. The molecule has 1 heterocycles. The molecule has 3 nitrogen and oxygen atoms in total. The Labute approximate surface area is 75.0 Å². The van der Waals surface area contributed by atoms with Crippen LogP contribution >= 0.6 is 0 Å². The predicted octanol–water partition coefficient (Wildman–Crippen LogP) is 0.868. The van der Waals surface area contributed by atoms with E-state index in [1.807, 2.05) is 0 Å². The van der Waals surface area contributed by atoms with E-state index >= 15 is 0 Å². The third kappa shape index (κ3) is 2.19. The van der Waals surface area contributed by atoms with Gasteiger partial charge in [0.05, 0.1) is 13.2 Å². The van der Waals surface area contributed by atoms with Crippen LogP contribution in [-0.2, 0) is 4.84 Å². The first-order valence-corrected chi connectivity index (χ1v) is 4.57. The lowest BCUT2D eigenvalue weighted by Crippen LogP contribution is -2.55. The van der Waals surface area contributed by atoms with Gasteiger partial charge in [-0.2, -0.15) is 5.06 Å². The van der Waals surface area contributed by atoms with Crippen LogP contribution in [-0.4, -0.2) is 37.8 Å². The summed E-state index contributed by atoms with van der Waals surface area (Å²) < 4.78 is 0. The Morgan fingerprint density at radius 2 is 2.08 bits per heavy atom. The van der Waals surface area contributed by atoms with Crippen molar-refractivity contribution in [1.82, 2.24) is 10.4 Å². The summed E-state index contributed by atoms with van der Waals surface area (Å²) in [4.78, 5) is 5.32. The van der Waals surface area contributed by atoms with Gasteiger partial charge in [0.15, 0.2) is 0 Å². The summed E-state index contributed by atoms with van der Waals surface area (Å²) in [7, 11) is 1.75. The van der Waals surface area contributed by atoms with E-state index in [1.54, 1.807) is 7.11 Å². The number of hydrogen-bond donors (Lipinski definition) is 1. The van der Waals surface area contributed by atoms with Gasteiger partial charge in [-0.05, 0) is 5.41 Å². The lowest BCUT2D eigenvalue weighted by molar-refractivity contribution is -0.191. The van der Waals surface area contributed by atoms with Crippen molar-refractivity contribution in [3.05, 3.63) is 0 Å². The Hall–Kier alpha value is -0.120. The van der Waals surface area contributed by atoms with E-state index in [1.165, 1.54) is 0 Å². The quantitative estimate of drug-likeness (QED) is 0.635. The summed E-state index contributed by atoms with van der Waals surface area (Å²) >= 11 is 0. The van der Waals surface area contributed by atoms with Crippen molar-refractivity contribution < 1.29 is 4.84 Å². The number of nitrogens with zero attached hydrogens (tertiary/aromatic N) is 1. The van der Waals surface area contributed by atoms with Crippen molar-refractivity contribution in [1.29, 1.82) is 0 Å². The average Bonchev–Trinajstić information content (AvgIpc) is 2.03. The van der Waals surface area contributed by atoms with E-state index in [-0.39, 0.29) is 5.41 Å². The highest BCUT2D eigenvalue weighted by Gasteiger charge is 2.32. The molecule has 12 heavy (non-hydrogen) atoms. The number of rotatable bonds is 1. The third-order valence-electron chi connectivity index (χ3n) is 2.43. The summed E-state index contributed by atoms with van der Waals surface area (Å²) in [6.45, 7) is 9.78. The van der Waals surface area contributed by atoms with Gasteiger partial charge in [0.2, 0.25) is 0 Å². The highest BCUT2D eigenvalue weighted by molar-refractivity contribution is 4.85. The molecule has 0 aromatic heterocycles. The molecule has 0 spiro atoms. The van der Waals surface area contributed by atoms with Crippen LogP contribution in [0.15, 0.2) is 0 Å². The molecule has 3 heteroatoms. The van der Waals surface area contributed by atoms with Gasteiger partial charge in [0.1, 0.15) is 0 Å². The van der Waals surface area contributed by atoms with E-state index in [0.717, 1.165) is 19.6 Å². The minimum atomic E-state index is 0.281. The SMILES string of the molecule is CON1CCNCC1C(C)(C)C. The number of piperazine rings is 1. The van der Waals surface area contributed by atoms with Gasteiger partial charge in [-0.15, -0.1) is 0 Å². The molecule has 0 amide bonds. The van der Waals surface area contributed by atoms with Crippen LogP contribution < -0.4 is 5.32 Å². The molecule has 0 saturated carbocycles. The molecule has 1 rings (SSSR count). The van der Waals surface area contributed by atoms with Gasteiger partial charge in [-0.3, -0.25) is 0 Å². The van der Waals surface area contributed by atoms with Crippen LogP contribution in [0.1, 0.15) is 20.8 Å². The normalized spacial score (nSPS) is 27.5. The molecule has 0 aliphatic carbocycles. The number of hydrogen-bond acceptors (Lipinski definition) is 3. The molecular weight excluding hydrogens is 152 g/mol. The second-order valence-electron chi connectivity index (χ2n) is 4.41. The van der Waals surface area contributed by atoms with Crippen LogP contribution in [0.5, 0.6) is 0 Å². The highest BCUT2D eigenvalue weighted by atomic mass is 16.7. The van der Waals surface area contributed by atoms with Crippen LogP contribution in [0.25, 0.3) is 0 Å². The standard InChI is InChI=1S/C9H20N2O/c1-9(2,3)8-7-10-5-6-11(8)12-4/h8,10H,5-7H2,1-4H3. The summed E-state index contributed by atoms with van der Waals surface area (Å²) in [5.74, 6) is 0. The molecule has 0 aromatic carbocycles. The Bertz CT molecular complexity index is 142. The zero-order chi connectivity index (χ0) is 9.19. The first-order chi connectivity index (χ1) is 5.55. The molecule has 1 fully saturated rings. The van der Waals surface area contributed by atoms with E-state index in [0.29, 0.717) is 6.04 Å². The second kappa shape index (κ2) is 3.73. The van der Waals surface area contributed by atoms with Gasteiger partial charge in [-0.1, -0.05) is 20.8 Å². The summed E-state index contributed by atoms with van der Waals surface area (Å²) in [5.41, 5.74) is 0.281. The Kier molecular flexibility index (Phi) is 3.09. The first kappa shape index (κ1) is 9.96. The van der Waals surface area contributed by atoms with Crippen molar-refractivity contribution in [3.8, 4) is 0 Å². The zero-order valence-electron chi connectivity index (χ0n) is 8.55. The maximum Gasteiger partial charge on any atom is 0.0575 e. The molecule has 1 N–H and O–H groups in total. The second-order valence-corrected chi connectivity index (χ2v) is 4.41. The van der Waals surface area contributed by atoms with E-state index in [9.17, 15) is 0 Å². The highest BCUT2D eigenvalue weighted by Crippen LogP contribution is 2.24. The molecule has 72 valence electrons. The summed E-state index contributed by atoms with van der Waals surface area (Å²) in [6, 6.07) is 0.483. The molecule has 1 atom stereocenters. The Balaban J connectivity index is 2.59. The van der Waals surface area contributed by atoms with Crippen LogP contribution in [0.2, 0.25) is 0 Å². The van der Waals surface area contributed by atoms with Gasteiger partial charge < -0.3 is 10.2 Å². The molecule has 1 saturated heterocycles. The minimum absolute atomic E-state index is 0.281.